The van der Waals surface area contributed by atoms with Crippen molar-refractivity contribution in [2.45, 2.75) is 45.3 Å². The van der Waals surface area contributed by atoms with Crippen molar-refractivity contribution in [3.8, 4) is 0 Å². The van der Waals surface area contributed by atoms with Crippen molar-refractivity contribution in [3.05, 3.63) is 0 Å². The van der Waals surface area contributed by atoms with Crippen LogP contribution in [0.5, 0.6) is 0 Å². The molecule has 0 spiro atoms. The summed E-state index contributed by atoms with van der Waals surface area (Å²) in [7, 11) is 0. The molecule has 0 aliphatic carbocycles. The van der Waals surface area contributed by atoms with Crippen LogP contribution in [0.4, 0.5) is 0 Å². The highest BCUT2D eigenvalue weighted by Crippen LogP contribution is 2.24. The molecule has 0 bridgehead atoms. The summed E-state index contributed by atoms with van der Waals surface area (Å²) in [5.41, 5.74) is 1.04. The summed E-state index contributed by atoms with van der Waals surface area (Å²) in [4.78, 5) is 18.8. The summed E-state index contributed by atoms with van der Waals surface area (Å²) < 4.78 is 0. The van der Waals surface area contributed by atoms with Gasteiger partial charge in [-0.2, -0.15) is 0 Å². The van der Waals surface area contributed by atoms with E-state index in [0.717, 1.165) is 18.7 Å². The van der Waals surface area contributed by atoms with Crippen LogP contribution in [0.25, 0.3) is 0 Å². The predicted octanol–water partition coefficient (Wildman–Crippen LogP) is 0.428. The van der Waals surface area contributed by atoms with E-state index < -0.39 is 0 Å². The molecule has 15 heavy (non-hydrogen) atoms. The third kappa shape index (κ3) is 1.91. The molecule has 1 amide bonds. The van der Waals surface area contributed by atoms with E-state index in [4.69, 9.17) is 0 Å². The molecule has 0 aromatic rings. The number of nitrogens with zero attached hydrogens (tertiary/aromatic N) is 2. The number of fused-ring (bicyclic) bond motifs is 1. The lowest BCUT2D eigenvalue weighted by molar-refractivity contribution is -0.125. The topological polar surface area (TPSA) is 44.7 Å². The number of hydrogen-bond donors (Lipinski definition) is 1. The van der Waals surface area contributed by atoms with Crippen LogP contribution in [0.1, 0.15) is 27.2 Å². The number of carbonyl (C=O) groups excluding carboxylic acids is 1. The van der Waals surface area contributed by atoms with E-state index in [2.05, 4.69) is 29.1 Å². The van der Waals surface area contributed by atoms with Gasteiger partial charge < -0.3 is 5.32 Å². The molecule has 0 radical (unpaired) electrons. The van der Waals surface area contributed by atoms with Crippen LogP contribution in [-0.4, -0.2) is 47.7 Å². The van der Waals surface area contributed by atoms with Gasteiger partial charge in [-0.3, -0.25) is 14.7 Å². The first kappa shape index (κ1) is 10.6. The normalized spacial score (nSPS) is 32.3. The lowest BCUT2D eigenvalue weighted by Crippen LogP contribution is -2.49. The van der Waals surface area contributed by atoms with E-state index in [0.29, 0.717) is 12.6 Å². The average molecular weight is 209 g/mol. The Balaban J connectivity index is 2.24. The Morgan fingerprint density at radius 2 is 2.27 bits per heavy atom. The maximum absolute atomic E-state index is 11.9. The molecule has 1 fully saturated rings. The molecule has 0 aromatic carbocycles. The van der Waals surface area contributed by atoms with Gasteiger partial charge in [0.25, 0.3) is 0 Å². The summed E-state index contributed by atoms with van der Waals surface area (Å²) in [5.74, 6) is 0.145. The molecule has 4 nitrogen and oxygen atoms in total. The lowest BCUT2D eigenvalue weighted by Gasteiger charge is -2.27. The molecular formula is C11H19N3O. The van der Waals surface area contributed by atoms with Crippen LogP contribution in [0.15, 0.2) is 4.99 Å². The molecule has 4 heteroatoms. The monoisotopic (exact) mass is 209 g/mol. The van der Waals surface area contributed by atoms with Crippen LogP contribution < -0.4 is 5.32 Å². The zero-order chi connectivity index (χ0) is 11.0. The fourth-order valence-corrected chi connectivity index (χ4v) is 2.49. The molecule has 2 unspecified atom stereocenters. The Labute approximate surface area is 90.7 Å². The van der Waals surface area contributed by atoms with Crippen LogP contribution >= 0.6 is 0 Å². The Kier molecular flexibility index (Phi) is 2.78. The van der Waals surface area contributed by atoms with E-state index in [1.165, 1.54) is 0 Å². The molecule has 1 saturated heterocycles. The molecular weight excluding hydrogens is 190 g/mol. The third-order valence-corrected chi connectivity index (χ3v) is 3.24. The van der Waals surface area contributed by atoms with Gasteiger partial charge in [-0.05, 0) is 27.2 Å². The first-order valence-corrected chi connectivity index (χ1v) is 5.66. The molecule has 2 aliphatic heterocycles. The molecule has 0 aromatic heterocycles. The van der Waals surface area contributed by atoms with Gasteiger partial charge in [0.1, 0.15) is 6.04 Å². The van der Waals surface area contributed by atoms with Crippen molar-refractivity contribution >= 4 is 11.6 Å². The van der Waals surface area contributed by atoms with Crippen LogP contribution in [0.2, 0.25) is 0 Å². The van der Waals surface area contributed by atoms with Crippen LogP contribution in [0.3, 0.4) is 0 Å². The third-order valence-electron chi connectivity index (χ3n) is 3.24. The van der Waals surface area contributed by atoms with Crippen molar-refractivity contribution in [2.24, 2.45) is 4.99 Å². The number of rotatable bonds is 1. The number of hydrogen-bond acceptors (Lipinski definition) is 3. The van der Waals surface area contributed by atoms with Gasteiger partial charge in [0, 0.05) is 18.3 Å². The maximum atomic E-state index is 11.9. The SMILES string of the molecule is CC1=NC2CCN(C(C)C)C2C(=O)NC1. The lowest BCUT2D eigenvalue weighted by atomic mass is 10.1. The quantitative estimate of drug-likeness (QED) is 0.680. The number of amides is 1. The van der Waals surface area contributed by atoms with E-state index in [1.54, 1.807) is 0 Å². The summed E-state index contributed by atoms with van der Waals surface area (Å²) in [6.45, 7) is 7.85. The van der Waals surface area contributed by atoms with Crippen molar-refractivity contribution < 1.29 is 4.79 Å². The molecule has 2 aliphatic rings. The zero-order valence-corrected chi connectivity index (χ0v) is 9.66. The number of aliphatic imine (C=N–C) groups is 1. The van der Waals surface area contributed by atoms with E-state index in [1.807, 2.05) is 6.92 Å². The van der Waals surface area contributed by atoms with Gasteiger partial charge in [0.15, 0.2) is 0 Å². The van der Waals surface area contributed by atoms with Gasteiger partial charge in [0.05, 0.1) is 12.6 Å². The van der Waals surface area contributed by atoms with Gasteiger partial charge in [-0.25, -0.2) is 0 Å². The van der Waals surface area contributed by atoms with Gasteiger partial charge in [-0.1, -0.05) is 0 Å². The summed E-state index contributed by atoms with van der Waals surface area (Å²) in [5, 5.41) is 2.94. The van der Waals surface area contributed by atoms with Gasteiger partial charge in [0.2, 0.25) is 5.91 Å². The van der Waals surface area contributed by atoms with Gasteiger partial charge >= 0.3 is 0 Å². The van der Waals surface area contributed by atoms with Crippen molar-refractivity contribution in [1.29, 1.82) is 0 Å². The van der Waals surface area contributed by atoms with Crippen molar-refractivity contribution in [1.82, 2.24) is 10.2 Å². The second kappa shape index (κ2) is 3.93. The summed E-state index contributed by atoms with van der Waals surface area (Å²) in [6, 6.07) is 0.553. The second-order valence-corrected chi connectivity index (χ2v) is 4.71. The highest BCUT2D eigenvalue weighted by molar-refractivity contribution is 5.93. The van der Waals surface area contributed by atoms with Crippen LogP contribution in [0, 0.1) is 0 Å². The minimum absolute atomic E-state index is 0.0394. The van der Waals surface area contributed by atoms with Gasteiger partial charge in [-0.15, -0.1) is 0 Å². The number of likely N-dealkylation sites (tertiary alicyclic amines) is 1. The smallest absolute Gasteiger partial charge is 0.239 e. The fourth-order valence-electron chi connectivity index (χ4n) is 2.49. The second-order valence-electron chi connectivity index (χ2n) is 4.71. The van der Waals surface area contributed by atoms with Crippen molar-refractivity contribution in [3.63, 3.8) is 0 Å². The maximum Gasteiger partial charge on any atom is 0.239 e. The molecule has 2 rings (SSSR count). The Morgan fingerprint density at radius 3 is 2.93 bits per heavy atom. The average Bonchev–Trinajstić information content (AvgIpc) is 2.52. The van der Waals surface area contributed by atoms with E-state index in [9.17, 15) is 4.79 Å². The molecule has 0 saturated carbocycles. The minimum Gasteiger partial charge on any atom is -0.349 e. The first-order valence-electron chi connectivity index (χ1n) is 5.66. The molecule has 2 atom stereocenters. The molecule has 84 valence electrons. The Hall–Kier alpha value is -0.900. The van der Waals surface area contributed by atoms with Crippen LogP contribution in [-0.2, 0) is 4.79 Å². The molecule has 2 heterocycles. The predicted molar refractivity (Wildman–Crippen MR) is 60.2 cm³/mol. The Bertz CT molecular complexity index is 298. The summed E-state index contributed by atoms with van der Waals surface area (Å²) >= 11 is 0. The first-order chi connectivity index (χ1) is 7.09. The highest BCUT2D eigenvalue weighted by atomic mass is 16.2. The number of nitrogens with one attached hydrogen (secondary N) is 1. The Morgan fingerprint density at radius 1 is 1.53 bits per heavy atom. The zero-order valence-electron chi connectivity index (χ0n) is 9.66. The van der Waals surface area contributed by atoms with Crippen molar-refractivity contribution in [2.75, 3.05) is 13.1 Å². The minimum atomic E-state index is -0.0394. The summed E-state index contributed by atoms with van der Waals surface area (Å²) in [6.07, 6.45) is 1.01. The largest absolute Gasteiger partial charge is 0.349 e. The van der Waals surface area contributed by atoms with E-state index in [-0.39, 0.29) is 18.0 Å². The standard InChI is InChI=1S/C11H19N3O/c1-7(2)14-5-4-9-10(14)11(15)12-6-8(3)13-9/h7,9-10H,4-6H2,1-3H3,(H,12,15). The number of carbonyl (C=O) groups is 1. The highest BCUT2D eigenvalue weighted by Gasteiger charge is 2.41. The van der Waals surface area contributed by atoms with E-state index >= 15 is 0 Å². The fraction of sp³-hybridized carbons (Fsp3) is 0.818. The molecule has 1 N–H and O–H groups in total.